The van der Waals surface area contributed by atoms with Gasteiger partial charge in [-0.05, 0) is 53.5 Å². The van der Waals surface area contributed by atoms with E-state index in [4.69, 9.17) is 5.73 Å². The van der Waals surface area contributed by atoms with E-state index >= 15 is 0 Å². The van der Waals surface area contributed by atoms with Crippen LogP contribution in [0.25, 0.3) is 5.57 Å². The summed E-state index contributed by atoms with van der Waals surface area (Å²) in [6.07, 6.45) is 14.8. The van der Waals surface area contributed by atoms with Crippen molar-refractivity contribution in [1.29, 1.82) is 0 Å². The van der Waals surface area contributed by atoms with Gasteiger partial charge in [-0.15, -0.1) is 0 Å². The zero-order valence-electron chi connectivity index (χ0n) is 19.7. The smallest absolute Gasteiger partial charge is 0.0576 e. The van der Waals surface area contributed by atoms with Crippen LogP contribution < -0.4 is 17.3 Å². The summed E-state index contributed by atoms with van der Waals surface area (Å²) >= 11 is 0. The minimum absolute atomic E-state index is 0. The number of allylic oxidation sites excluding steroid dienone is 6. The standard InChI is InChI=1S/C13H14N2.C13H15N.C2H6.H3N/c1-2-6-12(7-3-1)10-14-15-11-13-8-4-5-9-13;1-11(8-9-14)10-12(2)13-6-4-3-5-7-13;1-2;/h1-4,6-10,15H,5,11H2;3-10H,2,14H2,1H3;1-2H3;1H3/b14-10+;9-8-,11-10-;;. The van der Waals surface area contributed by atoms with Gasteiger partial charge in [-0.3, -0.25) is 0 Å². The first-order valence-corrected chi connectivity index (χ1v) is 10.7. The van der Waals surface area contributed by atoms with E-state index in [2.05, 4.69) is 35.3 Å². The lowest BCUT2D eigenvalue weighted by atomic mass is 10.1. The van der Waals surface area contributed by atoms with Crippen molar-refractivity contribution < 1.29 is 0 Å². The summed E-state index contributed by atoms with van der Waals surface area (Å²) in [5, 5.41) is 4.16. The molecule has 3 rings (SSSR count). The Labute approximate surface area is 194 Å². The molecule has 6 N–H and O–H groups in total. The molecule has 0 unspecified atom stereocenters. The van der Waals surface area contributed by atoms with Crippen molar-refractivity contribution in [3.8, 4) is 0 Å². The maximum absolute atomic E-state index is 5.29. The Balaban J connectivity index is 0.000000543. The molecule has 0 saturated carbocycles. The average Bonchev–Trinajstić information content (AvgIpc) is 3.34. The molecule has 170 valence electrons. The fraction of sp³-hybridized carbons (Fsp3) is 0.179. The molecule has 4 nitrogen and oxygen atoms in total. The van der Waals surface area contributed by atoms with Crippen molar-refractivity contribution in [2.45, 2.75) is 27.2 Å². The molecule has 0 radical (unpaired) electrons. The van der Waals surface area contributed by atoms with Gasteiger partial charge in [0.2, 0.25) is 0 Å². The second-order valence-corrected chi connectivity index (χ2v) is 6.56. The molecule has 0 aromatic heterocycles. The van der Waals surface area contributed by atoms with Crippen LogP contribution in [0, 0.1) is 0 Å². The van der Waals surface area contributed by atoms with Crippen LogP contribution in [0.4, 0.5) is 0 Å². The van der Waals surface area contributed by atoms with Gasteiger partial charge in [-0.1, -0.05) is 105 Å². The summed E-state index contributed by atoms with van der Waals surface area (Å²) < 4.78 is 0. The van der Waals surface area contributed by atoms with Crippen LogP contribution in [0.2, 0.25) is 0 Å². The fourth-order valence-corrected chi connectivity index (χ4v) is 2.64. The molecule has 1 aliphatic rings. The number of nitrogens with one attached hydrogen (secondary N) is 1. The molecule has 2 aromatic carbocycles. The van der Waals surface area contributed by atoms with Gasteiger partial charge in [-0.2, -0.15) is 5.10 Å². The first kappa shape index (κ1) is 28.4. The maximum atomic E-state index is 5.29. The van der Waals surface area contributed by atoms with Gasteiger partial charge < -0.3 is 17.3 Å². The number of benzene rings is 2. The van der Waals surface area contributed by atoms with Crippen LogP contribution in [-0.4, -0.2) is 12.8 Å². The van der Waals surface area contributed by atoms with Gasteiger partial charge in [-0.25, -0.2) is 0 Å². The number of nitrogens with zero attached hydrogens (tertiary/aromatic N) is 1. The number of hydrogen-bond acceptors (Lipinski definition) is 4. The fourth-order valence-electron chi connectivity index (χ4n) is 2.64. The van der Waals surface area contributed by atoms with Gasteiger partial charge in [0.1, 0.15) is 0 Å². The molecule has 0 fully saturated rings. The Kier molecular flexibility index (Phi) is 16.1. The van der Waals surface area contributed by atoms with Gasteiger partial charge in [0, 0.05) is 0 Å². The molecule has 0 saturated heterocycles. The predicted molar refractivity (Wildman–Crippen MR) is 143 cm³/mol. The monoisotopic (exact) mass is 430 g/mol. The molecule has 0 spiro atoms. The molecule has 0 amide bonds. The molecule has 0 atom stereocenters. The Morgan fingerprint density at radius 2 is 1.69 bits per heavy atom. The first-order valence-electron chi connectivity index (χ1n) is 10.7. The summed E-state index contributed by atoms with van der Waals surface area (Å²) in [5.41, 5.74) is 14.0. The SMILES string of the molecule is C1=CC(CN/N=C/c2ccccc2)=CC1.C=C(/C=C(C)\C=C/N)c1ccccc1.CC.N. The van der Waals surface area contributed by atoms with E-state index in [9.17, 15) is 0 Å². The molecule has 4 heteroatoms. The van der Waals surface area contributed by atoms with Gasteiger partial charge in [0.15, 0.2) is 0 Å². The zero-order chi connectivity index (χ0) is 22.7. The molecule has 0 bridgehead atoms. The first-order chi connectivity index (χ1) is 15.2. The van der Waals surface area contributed by atoms with Crippen molar-refractivity contribution >= 4 is 11.8 Å². The highest BCUT2D eigenvalue weighted by Crippen LogP contribution is 2.15. The summed E-state index contributed by atoms with van der Waals surface area (Å²) in [6, 6.07) is 20.1. The minimum Gasteiger partial charge on any atom is -0.405 e. The number of hydrogen-bond donors (Lipinski definition) is 3. The summed E-state index contributed by atoms with van der Waals surface area (Å²) in [5.74, 6) is 0. The van der Waals surface area contributed by atoms with Crippen LogP contribution in [-0.2, 0) is 0 Å². The highest BCUT2D eigenvalue weighted by Gasteiger charge is 1.95. The van der Waals surface area contributed by atoms with Crippen molar-refractivity contribution in [3.63, 3.8) is 0 Å². The number of hydrazone groups is 1. The molecular weight excluding hydrogens is 392 g/mol. The Morgan fingerprint density at radius 1 is 1.06 bits per heavy atom. The highest BCUT2D eigenvalue weighted by molar-refractivity contribution is 5.79. The van der Waals surface area contributed by atoms with Crippen LogP contribution in [0.3, 0.4) is 0 Å². The molecule has 0 aliphatic heterocycles. The van der Waals surface area contributed by atoms with E-state index in [1.807, 2.05) is 99.8 Å². The Hall–Kier alpha value is -3.63. The maximum Gasteiger partial charge on any atom is 0.0576 e. The normalized spacial score (nSPS) is 12.2. The highest BCUT2D eigenvalue weighted by atomic mass is 15.3. The summed E-state index contributed by atoms with van der Waals surface area (Å²) in [6.45, 7) is 10.8. The van der Waals surface area contributed by atoms with Crippen LogP contribution in [0.1, 0.15) is 38.3 Å². The average molecular weight is 431 g/mol. The van der Waals surface area contributed by atoms with E-state index in [1.165, 1.54) is 11.8 Å². The lowest BCUT2D eigenvalue weighted by Gasteiger charge is -2.00. The van der Waals surface area contributed by atoms with E-state index in [0.717, 1.165) is 35.2 Å². The van der Waals surface area contributed by atoms with Crippen molar-refractivity contribution in [1.82, 2.24) is 11.6 Å². The second kappa shape index (κ2) is 18.2. The van der Waals surface area contributed by atoms with Crippen LogP contribution >= 0.6 is 0 Å². The number of nitrogens with two attached hydrogens (primary N) is 1. The van der Waals surface area contributed by atoms with Gasteiger partial charge in [0.05, 0.1) is 12.8 Å². The third kappa shape index (κ3) is 12.2. The molecular formula is C28H38N4. The topological polar surface area (TPSA) is 85.4 Å². The van der Waals surface area contributed by atoms with Crippen molar-refractivity contribution in [2.24, 2.45) is 10.8 Å². The Morgan fingerprint density at radius 3 is 2.25 bits per heavy atom. The summed E-state index contributed by atoms with van der Waals surface area (Å²) in [7, 11) is 0. The summed E-state index contributed by atoms with van der Waals surface area (Å²) in [4.78, 5) is 0. The third-order valence-electron chi connectivity index (χ3n) is 4.14. The van der Waals surface area contributed by atoms with Crippen LogP contribution in [0.15, 0.2) is 120 Å². The zero-order valence-corrected chi connectivity index (χ0v) is 19.7. The number of rotatable bonds is 7. The Bertz CT molecular complexity index is 905. The second-order valence-electron chi connectivity index (χ2n) is 6.56. The lowest BCUT2D eigenvalue weighted by molar-refractivity contribution is 0.814. The van der Waals surface area contributed by atoms with E-state index in [-0.39, 0.29) is 6.15 Å². The van der Waals surface area contributed by atoms with Crippen molar-refractivity contribution in [2.75, 3.05) is 6.54 Å². The minimum atomic E-state index is 0. The third-order valence-corrected chi connectivity index (χ3v) is 4.14. The quantitative estimate of drug-likeness (QED) is 0.256. The molecule has 0 heterocycles. The largest absolute Gasteiger partial charge is 0.405 e. The lowest BCUT2D eigenvalue weighted by Crippen LogP contribution is -2.08. The van der Waals surface area contributed by atoms with Crippen molar-refractivity contribution in [3.05, 3.63) is 126 Å². The molecule has 32 heavy (non-hydrogen) atoms. The van der Waals surface area contributed by atoms with Gasteiger partial charge >= 0.3 is 0 Å². The predicted octanol–water partition coefficient (Wildman–Crippen LogP) is 6.80. The van der Waals surface area contributed by atoms with Gasteiger partial charge in [0.25, 0.3) is 0 Å². The van der Waals surface area contributed by atoms with E-state index in [1.54, 1.807) is 0 Å². The van der Waals surface area contributed by atoms with E-state index < -0.39 is 0 Å². The van der Waals surface area contributed by atoms with E-state index in [0.29, 0.717) is 0 Å². The molecule has 2 aromatic rings. The molecule has 1 aliphatic carbocycles. The van der Waals surface area contributed by atoms with Crippen LogP contribution in [0.5, 0.6) is 0 Å².